The molecule has 0 radical (unpaired) electrons. The molecule has 3 heteroatoms. The second-order valence-electron chi connectivity index (χ2n) is 2.92. The van der Waals surface area contributed by atoms with E-state index in [2.05, 4.69) is 9.97 Å². The lowest BCUT2D eigenvalue weighted by Gasteiger charge is -2.05. The van der Waals surface area contributed by atoms with Gasteiger partial charge in [0.1, 0.15) is 12.1 Å². The van der Waals surface area contributed by atoms with Crippen LogP contribution in [0.5, 0.6) is 11.6 Å². The van der Waals surface area contributed by atoms with Crippen molar-refractivity contribution in [2.45, 2.75) is 20.8 Å². The molecule has 0 saturated heterocycles. The van der Waals surface area contributed by atoms with E-state index in [1.165, 1.54) is 6.33 Å². The first-order chi connectivity index (χ1) is 7.86. The second-order valence-corrected chi connectivity index (χ2v) is 2.92. The number of aryl methyl sites for hydroxylation is 1. The lowest BCUT2D eigenvalue weighted by molar-refractivity contribution is 0.458. The van der Waals surface area contributed by atoms with Gasteiger partial charge >= 0.3 is 0 Å². The van der Waals surface area contributed by atoms with Crippen LogP contribution >= 0.6 is 0 Å². The molecule has 1 heterocycles. The van der Waals surface area contributed by atoms with Crippen LogP contribution in [-0.2, 0) is 0 Å². The molecule has 0 spiro atoms. The number of benzene rings is 1. The van der Waals surface area contributed by atoms with Gasteiger partial charge in [0.25, 0.3) is 0 Å². The van der Waals surface area contributed by atoms with Crippen molar-refractivity contribution in [1.29, 1.82) is 0 Å². The summed E-state index contributed by atoms with van der Waals surface area (Å²) in [4.78, 5) is 7.80. The van der Waals surface area contributed by atoms with Crippen molar-refractivity contribution in [2.24, 2.45) is 0 Å². The summed E-state index contributed by atoms with van der Waals surface area (Å²) in [5, 5.41) is 0. The topological polar surface area (TPSA) is 35.0 Å². The monoisotopic (exact) mass is 216 g/mol. The quantitative estimate of drug-likeness (QED) is 0.769. The van der Waals surface area contributed by atoms with Gasteiger partial charge in [0.2, 0.25) is 5.88 Å². The Morgan fingerprint density at radius 1 is 1.06 bits per heavy atom. The summed E-state index contributed by atoms with van der Waals surface area (Å²) in [7, 11) is 0. The van der Waals surface area contributed by atoms with Gasteiger partial charge in [0.05, 0.1) is 0 Å². The Hall–Kier alpha value is -1.90. The third-order valence-corrected chi connectivity index (χ3v) is 1.86. The van der Waals surface area contributed by atoms with Crippen LogP contribution in [0.3, 0.4) is 0 Å². The summed E-state index contributed by atoms with van der Waals surface area (Å²) >= 11 is 0. The molecule has 0 saturated carbocycles. The van der Waals surface area contributed by atoms with Crippen LogP contribution in [0.4, 0.5) is 0 Å². The van der Waals surface area contributed by atoms with Crippen LogP contribution in [0.1, 0.15) is 19.4 Å². The Labute approximate surface area is 96.1 Å². The fraction of sp³-hybridized carbons (Fsp3) is 0.231. The van der Waals surface area contributed by atoms with E-state index < -0.39 is 0 Å². The molecule has 0 amide bonds. The molecule has 0 unspecified atom stereocenters. The fourth-order valence-corrected chi connectivity index (χ4v) is 1.12. The molecular weight excluding hydrogens is 200 g/mol. The van der Waals surface area contributed by atoms with E-state index in [4.69, 9.17) is 4.74 Å². The van der Waals surface area contributed by atoms with Gasteiger partial charge < -0.3 is 4.74 Å². The molecule has 0 atom stereocenters. The molecular formula is C13H16N2O. The minimum Gasteiger partial charge on any atom is -0.439 e. The highest BCUT2D eigenvalue weighted by atomic mass is 16.5. The molecule has 0 aliphatic rings. The largest absolute Gasteiger partial charge is 0.439 e. The molecule has 16 heavy (non-hydrogen) atoms. The minimum atomic E-state index is 0.564. The van der Waals surface area contributed by atoms with Crippen LogP contribution < -0.4 is 4.74 Å². The summed E-state index contributed by atoms with van der Waals surface area (Å²) in [5.41, 5.74) is 1.09. The highest BCUT2D eigenvalue weighted by Crippen LogP contribution is 2.21. The predicted octanol–water partition coefficient (Wildman–Crippen LogP) is 3.60. The number of rotatable bonds is 2. The maximum absolute atomic E-state index is 5.56. The molecule has 0 fully saturated rings. The summed E-state index contributed by atoms with van der Waals surface area (Å²) in [6.45, 7) is 6.00. The van der Waals surface area contributed by atoms with Crippen LogP contribution in [0.2, 0.25) is 0 Å². The fourth-order valence-electron chi connectivity index (χ4n) is 1.12. The highest BCUT2D eigenvalue weighted by molar-refractivity contribution is 5.34. The van der Waals surface area contributed by atoms with E-state index >= 15 is 0 Å². The predicted molar refractivity (Wildman–Crippen MR) is 64.6 cm³/mol. The Kier molecular flexibility index (Phi) is 4.99. The third-order valence-electron chi connectivity index (χ3n) is 1.86. The van der Waals surface area contributed by atoms with Gasteiger partial charge in [-0.2, -0.15) is 0 Å². The molecule has 2 rings (SSSR count). The number of hydrogen-bond donors (Lipinski definition) is 0. The van der Waals surface area contributed by atoms with Gasteiger partial charge in [-0.1, -0.05) is 32.0 Å². The van der Waals surface area contributed by atoms with E-state index in [1.807, 2.05) is 45.0 Å². The average molecular weight is 216 g/mol. The Morgan fingerprint density at radius 2 is 1.81 bits per heavy atom. The SMILES string of the molecule is CC.Cc1ccccc1Oc1ccncn1. The van der Waals surface area contributed by atoms with Crippen molar-refractivity contribution in [2.75, 3.05) is 0 Å². The number of nitrogens with zero attached hydrogens (tertiary/aromatic N) is 2. The van der Waals surface area contributed by atoms with Crippen molar-refractivity contribution in [3.05, 3.63) is 48.4 Å². The standard InChI is InChI=1S/C11H10N2O.C2H6/c1-9-4-2-3-5-10(9)14-11-6-7-12-8-13-11;1-2/h2-8H,1H3;1-2H3. The highest BCUT2D eigenvalue weighted by Gasteiger charge is 1.99. The molecule has 84 valence electrons. The Balaban J connectivity index is 0.000000606. The van der Waals surface area contributed by atoms with Crippen LogP contribution in [0.25, 0.3) is 0 Å². The van der Waals surface area contributed by atoms with Crippen molar-refractivity contribution < 1.29 is 4.74 Å². The van der Waals surface area contributed by atoms with Gasteiger partial charge in [-0.15, -0.1) is 0 Å². The van der Waals surface area contributed by atoms with E-state index in [0.29, 0.717) is 5.88 Å². The molecule has 3 nitrogen and oxygen atoms in total. The molecule has 0 N–H and O–H groups in total. The summed E-state index contributed by atoms with van der Waals surface area (Å²) in [5.74, 6) is 1.39. The minimum absolute atomic E-state index is 0.564. The van der Waals surface area contributed by atoms with E-state index in [9.17, 15) is 0 Å². The zero-order valence-electron chi connectivity index (χ0n) is 9.84. The van der Waals surface area contributed by atoms with Crippen LogP contribution in [-0.4, -0.2) is 9.97 Å². The van der Waals surface area contributed by atoms with E-state index in [0.717, 1.165) is 11.3 Å². The van der Waals surface area contributed by atoms with Gasteiger partial charge in [-0.25, -0.2) is 9.97 Å². The van der Waals surface area contributed by atoms with E-state index in [1.54, 1.807) is 12.3 Å². The summed E-state index contributed by atoms with van der Waals surface area (Å²) in [6, 6.07) is 9.55. The normalized spacial score (nSPS) is 8.94. The smallest absolute Gasteiger partial charge is 0.222 e. The zero-order chi connectivity index (χ0) is 11.8. The van der Waals surface area contributed by atoms with Crippen molar-refractivity contribution >= 4 is 0 Å². The summed E-state index contributed by atoms with van der Waals surface area (Å²) < 4.78 is 5.56. The van der Waals surface area contributed by atoms with E-state index in [-0.39, 0.29) is 0 Å². The molecule has 1 aromatic carbocycles. The number of ether oxygens (including phenoxy) is 1. The number of para-hydroxylation sites is 1. The van der Waals surface area contributed by atoms with Crippen LogP contribution in [0.15, 0.2) is 42.9 Å². The van der Waals surface area contributed by atoms with Crippen molar-refractivity contribution in [1.82, 2.24) is 9.97 Å². The third kappa shape index (κ3) is 3.35. The lowest BCUT2D eigenvalue weighted by atomic mass is 10.2. The second kappa shape index (κ2) is 6.56. The van der Waals surface area contributed by atoms with Crippen LogP contribution in [0, 0.1) is 6.92 Å². The van der Waals surface area contributed by atoms with Gasteiger partial charge in [-0.3, -0.25) is 0 Å². The molecule has 0 aliphatic heterocycles. The Bertz CT molecular complexity index is 415. The molecule has 0 aliphatic carbocycles. The van der Waals surface area contributed by atoms with Crippen molar-refractivity contribution in [3.8, 4) is 11.6 Å². The van der Waals surface area contributed by atoms with Gasteiger partial charge in [0.15, 0.2) is 0 Å². The molecule has 1 aromatic heterocycles. The maximum Gasteiger partial charge on any atom is 0.222 e. The zero-order valence-corrected chi connectivity index (χ0v) is 9.84. The molecule has 2 aromatic rings. The van der Waals surface area contributed by atoms with Crippen molar-refractivity contribution in [3.63, 3.8) is 0 Å². The number of hydrogen-bond acceptors (Lipinski definition) is 3. The average Bonchev–Trinajstić information content (AvgIpc) is 2.36. The lowest BCUT2D eigenvalue weighted by Crippen LogP contribution is -1.89. The Morgan fingerprint density at radius 3 is 2.44 bits per heavy atom. The number of aromatic nitrogens is 2. The first-order valence-corrected chi connectivity index (χ1v) is 5.36. The van der Waals surface area contributed by atoms with Gasteiger partial charge in [0, 0.05) is 12.3 Å². The first kappa shape index (κ1) is 12.2. The summed E-state index contributed by atoms with van der Waals surface area (Å²) in [6.07, 6.45) is 3.12. The maximum atomic E-state index is 5.56. The molecule has 0 bridgehead atoms. The van der Waals surface area contributed by atoms with Gasteiger partial charge in [-0.05, 0) is 18.6 Å². The first-order valence-electron chi connectivity index (χ1n) is 5.36.